The Morgan fingerprint density at radius 1 is 0.511 bits per heavy atom. The molecule has 222 valence electrons. The Morgan fingerprint density at radius 3 is 2.06 bits per heavy atom. The molecule has 0 bridgehead atoms. The summed E-state index contributed by atoms with van der Waals surface area (Å²) in [5.41, 5.74) is 9.32. The lowest BCUT2D eigenvalue weighted by atomic mass is 9.82. The number of aromatic nitrogens is 3. The number of benzene rings is 6. The Balaban J connectivity index is 1.26. The van der Waals surface area contributed by atoms with E-state index in [0.717, 1.165) is 38.6 Å². The van der Waals surface area contributed by atoms with Gasteiger partial charge in [0.15, 0.2) is 17.5 Å². The molecule has 0 fully saturated rings. The third-order valence-electron chi connectivity index (χ3n) is 9.76. The fraction of sp³-hybridized carbons (Fsp3) is 0.0714. The number of fused-ring (bicyclic) bond motifs is 9. The Bertz CT molecular complexity index is 2730. The van der Waals surface area contributed by atoms with Crippen LogP contribution >= 0.6 is 11.3 Å². The minimum Gasteiger partial charge on any atom is -0.455 e. The predicted octanol–water partition coefficient (Wildman–Crippen LogP) is 11.4. The molecule has 4 nitrogen and oxygen atoms in total. The average Bonchev–Trinajstić information content (AvgIpc) is 3.76. The van der Waals surface area contributed by atoms with Crippen molar-refractivity contribution in [1.82, 2.24) is 15.0 Å². The van der Waals surface area contributed by atoms with Crippen LogP contribution in [0.3, 0.4) is 0 Å². The van der Waals surface area contributed by atoms with Gasteiger partial charge in [-0.2, -0.15) is 0 Å². The number of thiophene rings is 1. The van der Waals surface area contributed by atoms with Crippen molar-refractivity contribution in [3.8, 4) is 45.3 Å². The first-order valence-corrected chi connectivity index (χ1v) is 16.7. The molecule has 3 heterocycles. The van der Waals surface area contributed by atoms with Crippen molar-refractivity contribution in [3.63, 3.8) is 0 Å². The van der Waals surface area contributed by atoms with E-state index in [1.807, 2.05) is 29.5 Å². The zero-order valence-corrected chi connectivity index (χ0v) is 26.6. The van der Waals surface area contributed by atoms with E-state index < -0.39 is 0 Å². The summed E-state index contributed by atoms with van der Waals surface area (Å²) < 4.78 is 8.99. The molecule has 0 aliphatic heterocycles. The molecule has 3 aromatic heterocycles. The Morgan fingerprint density at radius 2 is 1.15 bits per heavy atom. The molecule has 1 aliphatic rings. The van der Waals surface area contributed by atoms with E-state index in [-0.39, 0.29) is 5.41 Å². The van der Waals surface area contributed by atoms with Crippen LogP contribution in [0, 0.1) is 0 Å². The van der Waals surface area contributed by atoms with E-state index in [1.54, 1.807) is 0 Å². The van der Waals surface area contributed by atoms with Crippen LogP contribution in [0.1, 0.15) is 25.0 Å². The fourth-order valence-electron chi connectivity index (χ4n) is 7.48. The van der Waals surface area contributed by atoms with Crippen molar-refractivity contribution >= 4 is 53.4 Å². The fourth-order valence-corrected chi connectivity index (χ4v) is 8.56. The van der Waals surface area contributed by atoms with Crippen LogP contribution in [-0.4, -0.2) is 15.0 Å². The number of hydrogen-bond acceptors (Lipinski definition) is 5. The van der Waals surface area contributed by atoms with Gasteiger partial charge in [-0.3, -0.25) is 0 Å². The molecule has 0 atom stereocenters. The molecular formula is C42H27N3OS. The molecule has 6 aromatic carbocycles. The van der Waals surface area contributed by atoms with Crippen LogP contribution in [0.15, 0.2) is 132 Å². The van der Waals surface area contributed by atoms with Crippen molar-refractivity contribution in [3.05, 3.63) is 139 Å². The van der Waals surface area contributed by atoms with Crippen LogP contribution in [0.2, 0.25) is 0 Å². The lowest BCUT2D eigenvalue weighted by Gasteiger charge is -2.21. The van der Waals surface area contributed by atoms with Gasteiger partial charge in [0.25, 0.3) is 0 Å². The third-order valence-corrected chi connectivity index (χ3v) is 10.9. The summed E-state index contributed by atoms with van der Waals surface area (Å²) in [6.07, 6.45) is 0. The standard InChI is InChI=1S/C42H27N3OS/c1-42(2)32-17-6-3-13-28(32)37-29(15-10-18-33(37)42)40-43-39(24-21-22-36-31(23-24)26-12-5-8-20-35(26)47-36)44-41(45-40)30-16-9-14-27-25-11-4-7-19-34(25)46-38(27)30/h3-23H,1-2H3. The van der Waals surface area contributed by atoms with E-state index in [1.165, 1.54) is 42.4 Å². The van der Waals surface area contributed by atoms with Gasteiger partial charge in [0, 0.05) is 47.5 Å². The van der Waals surface area contributed by atoms with Gasteiger partial charge in [-0.25, -0.2) is 15.0 Å². The molecule has 10 rings (SSSR count). The van der Waals surface area contributed by atoms with Crippen LogP contribution in [0.4, 0.5) is 0 Å². The summed E-state index contributed by atoms with van der Waals surface area (Å²) in [5.74, 6) is 1.88. The highest BCUT2D eigenvalue weighted by Gasteiger charge is 2.37. The zero-order valence-electron chi connectivity index (χ0n) is 25.8. The highest BCUT2D eigenvalue weighted by atomic mass is 32.1. The SMILES string of the molecule is CC1(C)c2ccccc2-c2c(-c3nc(-c4ccc5sc6ccccc6c5c4)nc(-c4cccc5c4oc4ccccc45)n3)cccc21. The maximum Gasteiger partial charge on any atom is 0.167 e. The van der Waals surface area contributed by atoms with E-state index in [4.69, 9.17) is 19.4 Å². The molecule has 0 unspecified atom stereocenters. The van der Waals surface area contributed by atoms with E-state index in [2.05, 4.69) is 123 Å². The molecule has 0 radical (unpaired) electrons. The van der Waals surface area contributed by atoms with Gasteiger partial charge in [0.1, 0.15) is 11.2 Å². The topological polar surface area (TPSA) is 51.8 Å². The quantitative estimate of drug-likeness (QED) is 0.197. The summed E-state index contributed by atoms with van der Waals surface area (Å²) in [6.45, 7) is 4.60. The van der Waals surface area contributed by atoms with Gasteiger partial charge in [0.2, 0.25) is 0 Å². The molecule has 0 spiro atoms. The maximum atomic E-state index is 6.47. The Kier molecular flexibility index (Phi) is 5.47. The van der Waals surface area contributed by atoms with Crippen LogP contribution in [0.5, 0.6) is 0 Å². The first-order valence-electron chi connectivity index (χ1n) is 15.9. The minimum absolute atomic E-state index is 0.133. The Hall–Kier alpha value is -5.65. The first kappa shape index (κ1) is 26.6. The molecular weight excluding hydrogens is 595 g/mol. The minimum atomic E-state index is -0.133. The Labute approximate surface area is 275 Å². The summed E-state index contributed by atoms with van der Waals surface area (Å²) in [5, 5.41) is 4.58. The smallest absolute Gasteiger partial charge is 0.167 e. The summed E-state index contributed by atoms with van der Waals surface area (Å²) in [6, 6.07) is 44.7. The second-order valence-electron chi connectivity index (χ2n) is 12.8. The van der Waals surface area contributed by atoms with Gasteiger partial charge < -0.3 is 4.42 Å². The number of hydrogen-bond donors (Lipinski definition) is 0. The molecule has 5 heteroatoms. The van der Waals surface area contributed by atoms with Gasteiger partial charge in [-0.15, -0.1) is 11.3 Å². The lowest BCUT2D eigenvalue weighted by molar-refractivity contribution is 0.660. The van der Waals surface area contributed by atoms with Gasteiger partial charge >= 0.3 is 0 Å². The van der Waals surface area contributed by atoms with Crippen molar-refractivity contribution in [2.24, 2.45) is 0 Å². The second kappa shape index (κ2) is 9.68. The third kappa shape index (κ3) is 3.84. The summed E-state index contributed by atoms with van der Waals surface area (Å²) in [7, 11) is 0. The van der Waals surface area contributed by atoms with Crippen LogP contribution in [-0.2, 0) is 5.41 Å². The molecule has 0 amide bonds. The lowest BCUT2D eigenvalue weighted by Crippen LogP contribution is -2.14. The van der Waals surface area contributed by atoms with Crippen molar-refractivity contribution in [2.75, 3.05) is 0 Å². The van der Waals surface area contributed by atoms with Crippen molar-refractivity contribution in [2.45, 2.75) is 19.3 Å². The molecule has 0 N–H and O–H groups in total. The number of nitrogens with zero attached hydrogens (tertiary/aromatic N) is 3. The maximum absolute atomic E-state index is 6.47. The predicted molar refractivity (Wildman–Crippen MR) is 194 cm³/mol. The molecule has 0 saturated heterocycles. The number of para-hydroxylation sites is 2. The summed E-state index contributed by atoms with van der Waals surface area (Å²) >= 11 is 1.81. The molecule has 0 saturated carbocycles. The summed E-state index contributed by atoms with van der Waals surface area (Å²) in [4.78, 5) is 15.7. The zero-order chi connectivity index (χ0) is 31.3. The van der Waals surface area contributed by atoms with Crippen molar-refractivity contribution in [1.29, 1.82) is 0 Å². The monoisotopic (exact) mass is 621 g/mol. The molecule has 1 aliphatic carbocycles. The van der Waals surface area contributed by atoms with E-state index in [9.17, 15) is 0 Å². The van der Waals surface area contributed by atoms with E-state index in [0.29, 0.717) is 17.5 Å². The van der Waals surface area contributed by atoms with Crippen molar-refractivity contribution < 1.29 is 4.42 Å². The van der Waals surface area contributed by atoms with Gasteiger partial charge in [-0.05, 0) is 58.7 Å². The van der Waals surface area contributed by atoms with Crippen LogP contribution in [0.25, 0.3) is 87.4 Å². The normalized spacial score (nSPS) is 13.5. The first-order chi connectivity index (χ1) is 23.0. The highest BCUT2D eigenvalue weighted by molar-refractivity contribution is 7.25. The molecule has 47 heavy (non-hydrogen) atoms. The number of furan rings is 1. The van der Waals surface area contributed by atoms with Gasteiger partial charge in [0.05, 0.1) is 5.56 Å². The van der Waals surface area contributed by atoms with Crippen LogP contribution < -0.4 is 0 Å². The number of rotatable bonds is 3. The highest BCUT2D eigenvalue weighted by Crippen LogP contribution is 2.51. The van der Waals surface area contributed by atoms with E-state index >= 15 is 0 Å². The molecule has 9 aromatic rings. The second-order valence-corrected chi connectivity index (χ2v) is 13.9. The van der Waals surface area contributed by atoms with Gasteiger partial charge in [-0.1, -0.05) is 105 Å². The largest absolute Gasteiger partial charge is 0.455 e. The average molecular weight is 622 g/mol.